The molecule has 0 unspecified atom stereocenters. The third-order valence-electron chi connectivity index (χ3n) is 2.83. The maximum absolute atomic E-state index is 5.88. The second kappa shape index (κ2) is 9.48. The second-order valence-electron chi connectivity index (χ2n) is 5.15. The van der Waals surface area contributed by atoms with Crippen molar-refractivity contribution < 1.29 is 9.47 Å². The number of rotatable bonds is 10. The summed E-state index contributed by atoms with van der Waals surface area (Å²) in [5, 5.41) is 3.39. The standard InChI is InChI=1S/C16H28N2O2/c1-4-10-20-16-12-14(7-8-15(16)17)18-9-5-6-11-19-13(2)3/h7-8,12-13,18H,4-6,9-11,17H2,1-3H3. The fourth-order valence-corrected chi connectivity index (χ4v) is 1.76. The molecule has 0 bridgehead atoms. The average Bonchev–Trinajstić information content (AvgIpc) is 2.42. The Morgan fingerprint density at radius 1 is 1.20 bits per heavy atom. The number of anilines is 2. The highest BCUT2D eigenvalue weighted by molar-refractivity contribution is 5.61. The van der Waals surface area contributed by atoms with Crippen LogP contribution in [0.4, 0.5) is 11.4 Å². The second-order valence-corrected chi connectivity index (χ2v) is 5.15. The Bertz CT molecular complexity index is 381. The topological polar surface area (TPSA) is 56.5 Å². The maximum Gasteiger partial charge on any atom is 0.144 e. The van der Waals surface area contributed by atoms with Gasteiger partial charge in [0.15, 0.2) is 0 Å². The molecular formula is C16H28N2O2. The van der Waals surface area contributed by atoms with E-state index in [-0.39, 0.29) is 0 Å². The first kappa shape index (κ1) is 16.6. The molecule has 0 spiro atoms. The number of nitrogens with two attached hydrogens (primary N) is 1. The van der Waals surface area contributed by atoms with Crippen molar-refractivity contribution in [1.29, 1.82) is 0 Å². The largest absolute Gasteiger partial charge is 0.491 e. The molecular weight excluding hydrogens is 252 g/mol. The normalized spacial score (nSPS) is 10.8. The third kappa shape index (κ3) is 6.66. The number of benzene rings is 1. The van der Waals surface area contributed by atoms with Crippen molar-refractivity contribution in [1.82, 2.24) is 0 Å². The van der Waals surface area contributed by atoms with Crippen LogP contribution in [0.15, 0.2) is 18.2 Å². The van der Waals surface area contributed by atoms with Gasteiger partial charge in [-0.3, -0.25) is 0 Å². The number of hydrogen-bond acceptors (Lipinski definition) is 4. The van der Waals surface area contributed by atoms with Gasteiger partial charge in [-0.15, -0.1) is 0 Å². The number of unbranched alkanes of at least 4 members (excludes halogenated alkanes) is 1. The zero-order valence-electron chi connectivity index (χ0n) is 12.9. The first-order chi connectivity index (χ1) is 9.63. The van der Waals surface area contributed by atoms with Crippen LogP contribution in [-0.2, 0) is 4.74 Å². The van der Waals surface area contributed by atoms with E-state index in [0.717, 1.165) is 43.9 Å². The van der Waals surface area contributed by atoms with E-state index in [1.54, 1.807) is 0 Å². The molecule has 0 aliphatic heterocycles. The lowest BCUT2D eigenvalue weighted by Gasteiger charge is -2.12. The van der Waals surface area contributed by atoms with Crippen LogP contribution in [0, 0.1) is 0 Å². The van der Waals surface area contributed by atoms with Gasteiger partial charge < -0.3 is 20.5 Å². The van der Waals surface area contributed by atoms with Gasteiger partial charge in [-0.2, -0.15) is 0 Å². The van der Waals surface area contributed by atoms with E-state index >= 15 is 0 Å². The summed E-state index contributed by atoms with van der Waals surface area (Å²) in [7, 11) is 0. The summed E-state index contributed by atoms with van der Waals surface area (Å²) in [6, 6.07) is 5.84. The molecule has 1 aromatic carbocycles. The van der Waals surface area contributed by atoms with Gasteiger partial charge in [-0.1, -0.05) is 6.92 Å². The van der Waals surface area contributed by atoms with E-state index in [2.05, 4.69) is 26.1 Å². The summed E-state index contributed by atoms with van der Waals surface area (Å²) < 4.78 is 11.1. The van der Waals surface area contributed by atoms with E-state index in [1.165, 1.54) is 0 Å². The van der Waals surface area contributed by atoms with Crippen LogP contribution < -0.4 is 15.8 Å². The highest BCUT2D eigenvalue weighted by atomic mass is 16.5. The zero-order chi connectivity index (χ0) is 14.8. The summed E-state index contributed by atoms with van der Waals surface area (Å²) in [5.74, 6) is 0.764. The number of ether oxygens (including phenoxy) is 2. The van der Waals surface area contributed by atoms with E-state index in [4.69, 9.17) is 15.2 Å². The summed E-state index contributed by atoms with van der Waals surface area (Å²) in [5.41, 5.74) is 7.62. The lowest BCUT2D eigenvalue weighted by Crippen LogP contribution is -2.07. The van der Waals surface area contributed by atoms with Gasteiger partial charge in [0.2, 0.25) is 0 Å². The van der Waals surface area contributed by atoms with Crippen LogP contribution in [0.1, 0.15) is 40.0 Å². The molecule has 4 nitrogen and oxygen atoms in total. The molecule has 20 heavy (non-hydrogen) atoms. The molecule has 1 rings (SSSR count). The van der Waals surface area contributed by atoms with Crippen LogP contribution in [-0.4, -0.2) is 25.9 Å². The van der Waals surface area contributed by atoms with Crippen molar-refractivity contribution in [2.24, 2.45) is 0 Å². The molecule has 0 fully saturated rings. The summed E-state index contributed by atoms with van der Waals surface area (Å²) >= 11 is 0. The molecule has 4 heteroatoms. The van der Waals surface area contributed by atoms with Crippen molar-refractivity contribution in [3.8, 4) is 5.75 Å². The molecule has 3 N–H and O–H groups in total. The van der Waals surface area contributed by atoms with Gasteiger partial charge >= 0.3 is 0 Å². The zero-order valence-corrected chi connectivity index (χ0v) is 12.9. The minimum absolute atomic E-state index is 0.318. The average molecular weight is 280 g/mol. The van der Waals surface area contributed by atoms with Crippen molar-refractivity contribution >= 4 is 11.4 Å². The van der Waals surface area contributed by atoms with Crippen molar-refractivity contribution in [3.63, 3.8) is 0 Å². The molecule has 1 aromatic rings. The van der Waals surface area contributed by atoms with E-state index in [9.17, 15) is 0 Å². The summed E-state index contributed by atoms with van der Waals surface area (Å²) in [4.78, 5) is 0. The molecule has 0 aliphatic rings. The highest BCUT2D eigenvalue weighted by Crippen LogP contribution is 2.25. The van der Waals surface area contributed by atoms with Gasteiger partial charge in [0.05, 0.1) is 18.4 Å². The van der Waals surface area contributed by atoms with Crippen molar-refractivity contribution in [3.05, 3.63) is 18.2 Å². The van der Waals surface area contributed by atoms with E-state index in [1.807, 2.05) is 18.2 Å². The molecule has 0 atom stereocenters. The fourth-order valence-electron chi connectivity index (χ4n) is 1.76. The minimum Gasteiger partial charge on any atom is -0.491 e. The monoisotopic (exact) mass is 280 g/mol. The Kier molecular flexibility index (Phi) is 7.88. The Labute approximate surface area is 122 Å². The Balaban J connectivity index is 2.29. The van der Waals surface area contributed by atoms with Crippen LogP contribution in [0.5, 0.6) is 5.75 Å². The smallest absolute Gasteiger partial charge is 0.144 e. The first-order valence-electron chi connectivity index (χ1n) is 7.51. The Morgan fingerprint density at radius 3 is 2.70 bits per heavy atom. The SMILES string of the molecule is CCCOc1cc(NCCCCOC(C)C)ccc1N. The lowest BCUT2D eigenvalue weighted by molar-refractivity contribution is 0.0765. The van der Waals surface area contributed by atoms with Crippen LogP contribution in [0.3, 0.4) is 0 Å². The Hall–Kier alpha value is -1.42. The van der Waals surface area contributed by atoms with Crippen molar-refractivity contribution in [2.45, 2.75) is 46.1 Å². The van der Waals surface area contributed by atoms with Crippen molar-refractivity contribution in [2.75, 3.05) is 30.8 Å². The molecule has 0 saturated carbocycles. The number of nitrogen functional groups attached to an aromatic ring is 1. The predicted molar refractivity (Wildman–Crippen MR) is 85.5 cm³/mol. The molecule has 114 valence electrons. The minimum atomic E-state index is 0.318. The highest BCUT2D eigenvalue weighted by Gasteiger charge is 2.02. The number of nitrogens with one attached hydrogen (secondary N) is 1. The van der Waals surface area contributed by atoms with Crippen LogP contribution >= 0.6 is 0 Å². The molecule has 0 amide bonds. The molecule has 0 saturated heterocycles. The van der Waals surface area contributed by atoms with Gasteiger partial charge in [-0.05, 0) is 45.2 Å². The summed E-state index contributed by atoms with van der Waals surface area (Å²) in [6.45, 7) is 8.65. The lowest BCUT2D eigenvalue weighted by atomic mass is 10.2. The van der Waals surface area contributed by atoms with E-state index in [0.29, 0.717) is 18.4 Å². The Morgan fingerprint density at radius 2 is 2.00 bits per heavy atom. The molecule has 0 heterocycles. The predicted octanol–water partition coefficient (Wildman–Crippen LogP) is 3.67. The van der Waals surface area contributed by atoms with Crippen LogP contribution in [0.2, 0.25) is 0 Å². The first-order valence-corrected chi connectivity index (χ1v) is 7.51. The van der Waals surface area contributed by atoms with E-state index < -0.39 is 0 Å². The molecule has 0 aliphatic carbocycles. The van der Waals surface area contributed by atoms with Crippen LogP contribution in [0.25, 0.3) is 0 Å². The van der Waals surface area contributed by atoms with Gasteiger partial charge in [0.1, 0.15) is 5.75 Å². The fraction of sp³-hybridized carbons (Fsp3) is 0.625. The quantitative estimate of drug-likeness (QED) is 0.507. The third-order valence-corrected chi connectivity index (χ3v) is 2.83. The summed E-state index contributed by atoms with van der Waals surface area (Å²) in [6.07, 6.45) is 3.45. The molecule has 0 aromatic heterocycles. The molecule has 0 radical (unpaired) electrons. The van der Waals surface area contributed by atoms with Gasteiger partial charge in [-0.25, -0.2) is 0 Å². The number of hydrogen-bond donors (Lipinski definition) is 2. The van der Waals surface area contributed by atoms with Gasteiger partial charge in [0.25, 0.3) is 0 Å². The van der Waals surface area contributed by atoms with Gasteiger partial charge in [0, 0.05) is 24.9 Å². The maximum atomic E-state index is 5.88.